The molecule has 0 saturated heterocycles. The number of aromatic carboxylic acids is 1. The molecule has 0 heterocycles. The van der Waals surface area contributed by atoms with E-state index in [-0.39, 0.29) is 22.8 Å². The first-order valence-corrected chi connectivity index (χ1v) is 7.51. The third kappa shape index (κ3) is 4.80. The Balaban J connectivity index is 2.87. The van der Waals surface area contributed by atoms with Gasteiger partial charge in [-0.1, -0.05) is 0 Å². The topological polar surface area (TPSA) is 116 Å². The number of carboxylic acid groups (broad SMARTS) is 1. The monoisotopic (exact) mass is 303 g/mol. The average Bonchev–Trinajstić information content (AvgIpc) is 2.37. The number of nitrogens with two attached hydrogens (primary N) is 1. The van der Waals surface area contributed by atoms with E-state index >= 15 is 0 Å². The van der Waals surface area contributed by atoms with Crippen LogP contribution in [0.5, 0.6) is 5.75 Å². The number of primary sulfonamides is 1. The van der Waals surface area contributed by atoms with Crippen LogP contribution in [0.25, 0.3) is 0 Å². The number of sulfonamides is 1. The Morgan fingerprint density at radius 3 is 2.60 bits per heavy atom. The fourth-order valence-electron chi connectivity index (χ4n) is 1.47. The van der Waals surface area contributed by atoms with Crippen LogP contribution in [0.2, 0.25) is 0 Å². The molecule has 0 fully saturated rings. The van der Waals surface area contributed by atoms with Crippen LogP contribution in [-0.2, 0) is 14.8 Å². The molecule has 0 aliphatic heterocycles. The fraction of sp³-hybridized carbons (Fsp3) is 0.417. The van der Waals surface area contributed by atoms with Crippen LogP contribution >= 0.6 is 0 Å². The molecule has 1 aromatic rings. The lowest BCUT2D eigenvalue weighted by atomic mass is 10.2. The minimum absolute atomic E-state index is 0.0361. The smallest absolute Gasteiger partial charge is 0.335 e. The fourth-order valence-corrected chi connectivity index (χ4v) is 2.17. The minimum atomic E-state index is -4.06. The maximum absolute atomic E-state index is 11.4. The molecule has 0 radical (unpaired) electrons. The molecular weight excluding hydrogens is 286 g/mol. The Hall–Kier alpha value is -1.64. The van der Waals surface area contributed by atoms with Crippen LogP contribution in [0.3, 0.4) is 0 Å². The second kappa shape index (κ2) is 7.22. The molecule has 0 unspecified atom stereocenters. The van der Waals surface area contributed by atoms with Crippen molar-refractivity contribution in [3.05, 3.63) is 23.8 Å². The normalized spacial score (nSPS) is 11.3. The molecule has 0 aliphatic carbocycles. The molecule has 0 bridgehead atoms. The van der Waals surface area contributed by atoms with Crippen molar-refractivity contribution in [3.63, 3.8) is 0 Å². The van der Waals surface area contributed by atoms with Crippen molar-refractivity contribution < 1.29 is 27.8 Å². The molecule has 1 rings (SSSR count). The molecule has 0 amide bonds. The Labute approximate surface area is 117 Å². The van der Waals surface area contributed by atoms with Gasteiger partial charge in [0, 0.05) is 19.6 Å². The zero-order valence-electron chi connectivity index (χ0n) is 11.0. The highest BCUT2D eigenvalue weighted by atomic mass is 32.2. The van der Waals surface area contributed by atoms with Gasteiger partial charge < -0.3 is 14.6 Å². The summed E-state index contributed by atoms with van der Waals surface area (Å²) in [6.45, 7) is 3.20. The summed E-state index contributed by atoms with van der Waals surface area (Å²) in [5, 5.41) is 13.9. The Bertz CT molecular complexity index is 569. The van der Waals surface area contributed by atoms with Gasteiger partial charge in [-0.3, -0.25) is 0 Å². The largest absolute Gasteiger partial charge is 0.492 e. The molecule has 0 atom stereocenters. The predicted octanol–water partition coefficient (Wildman–Crippen LogP) is 0.838. The number of hydrogen-bond donors (Lipinski definition) is 2. The van der Waals surface area contributed by atoms with E-state index in [0.29, 0.717) is 19.6 Å². The summed E-state index contributed by atoms with van der Waals surface area (Å²) >= 11 is 0. The molecule has 3 N–H and O–H groups in total. The lowest BCUT2D eigenvalue weighted by Gasteiger charge is -2.11. The Morgan fingerprint density at radius 2 is 2.05 bits per heavy atom. The van der Waals surface area contributed by atoms with Gasteiger partial charge in [-0.05, 0) is 25.1 Å². The SMILES string of the molecule is CCOCCCOc1ccc(C(=O)O)cc1S(N)(=O)=O. The highest BCUT2D eigenvalue weighted by Crippen LogP contribution is 2.24. The predicted molar refractivity (Wildman–Crippen MR) is 71.4 cm³/mol. The van der Waals surface area contributed by atoms with E-state index in [9.17, 15) is 13.2 Å². The van der Waals surface area contributed by atoms with Crippen LogP contribution in [-0.4, -0.2) is 39.3 Å². The van der Waals surface area contributed by atoms with E-state index < -0.39 is 16.0 Å². The van der Waals surface area contributed by atoms with Crippen molar-refractivity contribution in [2.45, 2.75) is 18.2 Å². The van der Waals surface area contributed by atoms with Gasteiger partial charge in [0.1, 0.15) is 10.6 Å². The first-order valence-electron chi connectivity index (χ1n) is 5.97. The van der Waals surface area contributed by atoms with Crippen LogP contribution in [0.4, 0.5) is 0 Å². The van der Waals surface area contributed by atoms with Gasteiger partial charge in [0.25, 0.3) is 0 Å². The van der Waals surface area contributed by atoms with E-state index in [0.717, 1.165) is 6.07 Å². The number of benzene rings is 1. The summed E-state index contributed by atoms with van der Waals surface area (Å²) < 4.78 is 33.3. The van der Waals surface area contributed by atoms with Crippen molar-refractivity contribution in [2.75, 3.05) is 19.8 Å². The van der Waals surface area contributed by atoms with Gasteiger partial charge in [0.15, 0.2) is 0 Å². The zero-order valence-corrected chi connectivity index (χ0v) is 11.9. The molecule has 0 aromatic heterocycles. The number of rotatable bonds is 8. The highest BCUT2D eigenvalue weighted by Gasteiger charge is 2.18. The van der Waals surface area contributed by atoms with E-state index in [1.807, 2.05) is 6.92 Å². The minimum Gasteiger partial charge on any atom is -0.492 e. The van der Waals surface area contributed by atoms with Crippen molar-refractivity contribution in [1.82, 2.24) is 0 Å². The Kier molecular flexibility index (Phi) is 5.93. The number of carbonyl (C=O) groups is 1. The quantitative estimate of drug-likeness (QED) is 0.687. The molecule has 0 aliphatic rings. The summed E-state index contributed by atoms with van der Waals surface area (Å²) in [6.07, 6.45) is 0.582. The molecule has 0 saturated carbocycles. The maximum Gasteiger partial charge on any atom is 0.335 e. The third-order valence-electron chi connectivity index (χ3n) is 2.39. The second-order valence-corrected chi connectivity index (χ2v) is 5.44. The van der Waals surface area contributed by atoms with Crippen LogP contribution in [0, 0.1) is 0 Å². The summed E-state index contributed by atoms with van der Waals surface area (Å²) in [7, 11) is -4.06. The van der Waals surface area contributed by atoms with E-state index in [4.69, 9.17) is 19.7 Å². The van der Waals surface area contributed by atoms with Gasteiger partial charge in [0.05, 0.1) is 12.2 Å². The average molecular weight is 303 g/mol. The lowest BCUT2D eigenvalue weighted by Crippen LogP contribution is -2.15. The third-order valence-corrected chi connectivity index (χ3v) is 3.32. The Morgan fingerprint density at radius 1 is 1.35 bits per heavy atom. The number of hydrogen-bond acceptors (Lipinski definition) is 5. The molecular formula is C12H17NO6S. The molecule has 20 heavy (non-hydrogen) atoms. The summed E-state index contributed by atoms with van der Waals surface area (Å²) in [6, 6.07) is 3.52. The zero-order chi connectivity index (χ0) is 15.2. The van der Waals surface area contributed by atoms with Crippen LogP contribution < -0.4 is 9.88 Å². The standard InChI is InChI=1S/C12H17NO6S/c1-2-18-6-3-7-19-10-5-4-9(12(14)15)8-11(10)20(13,16)17/h4-5,8H,2-3,6-7H2,1H3,(H,14,15)(H2,13,16,17). The molecule has 8 heteroatoms. The second-order valence-electron chi connectivity index (χ2n) is 3.91. The maximum atomic E-state index is 11.4. The van der Waals surface area contributed by atoms with Gasteiger partial charge in [-0.15, -0.1) is 0 Å². The van der Waals surface area contributed by atoms with Crippen LogP contribution in [0.1, 0.15) is 23.7 Å². The van der Waals surface area contributed by atoms with Crippen molar-refractivity contribution in [2.24, 2.45) is 5.14 Å². The van der Waals surface area contributed by atoms with E-state index in [1.165, 1.54) is 12.1 Å². The van der Waals surface area contributed by atoms with Gasteiger partial charge in [-0.2, -0.15) is 0 Å². The van der Waals surface area contributed by atoms with E-state index in [1.54, 1.807) is 0 Å². The van der Waals surface area contributed by atoms with Gasteiger partial charge >= 0.3 is 5.97 Å². The molecule has 0 spiro atoms. The van der Waals surface area contributed by atoms with Crippen molar-refractivity contribution >= 4 is 16.0 Å². The first-order chi connectivity index (χ1) is 9.36. The first kappa shape index (κ1) is 16.4. The van der Waals surface area contributed by atoms with Gasteiger partial charge in [0.2, 0.25) is 10.0 Å². The molecule has 112 valence electrons. The summed E-state index contributed by atoms with van der Waals surface area (Å²) in [5.74, 6) is -1.20. The van der Waals surface area contributed by atoms with Gasteiger partial charge in [-0.25, -0.2) is 18.4 Å². The number of ether oxygens (including phenoxy) is 2. The van der Waals surface area contributed by atoms with Crippen LogP contribution in [0.15, 0.2) is 23.1 Å². The van der Waals surface area contributed by atoms with Crippen molar-refractivity contribution in [3.8, 4) is 5.75 Å². The summed E-state index contributed by atoms with van der Waals surface area (Å²) in [4.78, 5) is 10.5. The van der Waals surface area contributed by atoms with E-state index in [2.05, 4.69) is 0 Å². The number of carboxylic acids is 1. The molecule has 7 nitrogen and oxygen atoms in total. The summed E-state index contributed by atoms with van der Waals surface area (Å²) in [5.41, 5.74) is -0.171. The highest BCUT2D eigenvalue weighted by molar-refractivity contribution is 7.89. The lowest BCUT2D eigenvalue weighted by molar-refractivity contribution is 0.0696. The molecule has 1 aromatic carbocycles. The van der Waals surface area contributed by atoms with Crippen molar-refractivity contribution in [1.29, 1.82) is 0 Å².